The molecular formula is C15H20N6O. The maximum atomic E-state index is 12.5. The van der Waals surface area contributed by atoms with Gasteiger partial charge in [0.25, 0.3) is 0 Å². The van der Waals surface area contributed by atoms with E-state index < -0.39 is 0 Å². The van der Waals surface area contributed by atoms with Crippen molar-refractivity contribution in [3.05, 3.63) is 41.7 Å². The number of benzene rings is 1. The van der Waals surface area contributed by atoms with E-state index in [4.69, 9.17) is 0 Å². The summed E-state index contributed by atoms with van der Waals surface area (Å²) in [5.74, 6) is 1.01. The van der Waals surface area contributed by atoms with E-state index in [1.165, 1.54) is 0 Å². The standard InChI is InChI=1S/C15H20N6O/c1-9(2)13-17-15(21-20-13)18-14(22)11-8-16-19-12(11)10-6-4-3-5-7-10/h3-7,9,11-12,16,19H,8H2,1-2H3,(H2,17,18,20,21,22). The van der Waals surface area contributed by atoms with Crippen LogP contribution in [0.15, 0.2) is 30.3 Å². The van der Waals surface area contributed by atoms with Gasteiger partial charge in [-0.25, -0.2) is 5.43 Å². The van der Waals surface area contributed by atoms with Crippen LogP contribution in [0.5, 0.6) is 0 Å². The maximum absolute atomic E-state index is 12.5. The summed E-state index contributed by atoms with van der Waals surface area (Å²) in [6, 6.07) is 9.85. The number of aromatic amines is 1. The minimum atomic E-state index is -0.219. The highest BCUT2D eigenvalue weighted by atomic mass is 16.2. The molecule has 7 nitrogen and oxygen atoms in total. The Bertz CT molecular complexity index is 638. The van der Waals surface area contributed by atoms with Gasteiger partial charge in [0.2, 0.25) is 11.9 Å². The Morgan fingerprint density at radius 2 is 2.09 bits per heavy atom. The second-order valence-electron chi connectivity index (χ2n) is 5.71. The van der Waals surface area contributed by atoms with Crippen LogP contribution in [0.25, 0.3) is 0 Å². The van der Waals surface area contributed by atoms with Crippen LogP contribution in [0.4, 0.5) is 5.95 Å². The summed E-state index contributed by atoms with van der Waals surface area (Å²) in [6.07, 6.45) is 0. The number of carbonyl (C=O) groups excluding carboxylic acids is 1. The highest BCUT2D eigenvalue weighted by Gasteiger charge is 2.34. The Hall–Kier alpha value is -2.25. The van der Waals surface area contributed by atoms with Crippen LogP contribution in [0.3, 0.4) is 0 Å². The Labute approximate surface area is 128 Å². The third-order valence-electron chi connectivity index (χ3n) is 3.76. The zero-order chi connectivity index (χ0) is 15.5. The molecule has 0 bridgehead atoms. The molecule has 1 saturated heterocycles. The van der Waals surface area contributed by atoms with E-state index >= 15 is 0 Å². The summed E-state index contributed by atoms with van der Waals surface area (Å²) < 4.78 is 0. The number of aromatic nitrogens is 3. The number of nitrogens with one attached hydrogen (secondary N) is 4. The number of H-pyrrole nitrogens is 1. The van der Waals surface area contributed by atoms with Crippen LogP contribution < -0.4 is 16.2 Å². The summed E-state index contributed by atoms with van der Waals surface area (Å²) in [7, 11) is 0. The van der Waals surface area contributed by atoms with Crippen LogP contribution >= 0.6 is 0 Å². The van der Waals surface area contributed by atoms with Crippen molar-refractivity contribution in [2.75, 3.05) is 11.9 Å². The second-order valence-corrected chi connectivity index (χ2v) is 5.71. The molecule has 1 aromatic carbocycles. The molecule has 1 aliphatic rings. The molecule has 0 saturated carbocycles. The maximum Gasteiger partial charge on any atom is 0.248 e. The Morgan fingerprint density at radius 1 is 1.32 bits per heavy atom. The minimum Gasteiger partial charge on any atom is -0.293 e. The van der Waals surface area contributed by atoms with E-state index in [0.717, 1.165) is 11.4 Å². The van der Waals surface area contributed by atoms with E-state index in [-0.39, 0.29) is 23.8 Å². The molecule has 1 fully saturated rings. The van der Waals surface area contributed by atoms with Gasteiger partial charge in [0.15, 0.2) is 0 Å². The van der Waals surface area contributed by atoms with Crippen molar-refractivity contribution >= 4 is 11.9 Å². The van der Waals surface area contributed by atoms with Gasteiger partial charge in [0, 0.05) is 12.5 Å². The van der Waals surface area contributed by atoms with E-state index in [1.807, 2.05) is 44.2 Å². The fourth-order valence-electron chi connectivity index (χ4n) is 2.51. The highest BCUT2D eigenvalue weighted by Crippen LogP contribution is 2.25. The molecule has 22 heavy (non-hydrogen) atoms. The second kappa shape index (κ2) is 6.25. The number of hydrogen-bond donors (Lipinski definition) is 4. The zero-order valence-corrected chi connectivity index (χ0v) is 12.6. The smallest absolute Gasteiger partial charge is 0.248 e. The van der Waals surface area contributed by atoms with Crippen molar-refractivity contribution in [3.63, 3.8) is 0 Å². The van der Waals surface area contributed by atoms with Gasteiger partial charge in [-0.3, -0.25) is 20.6 Å². The fraction of sp³-hybridized carbons (Fsp3) is 0.400. The number of rotatable bonds is 4. The summed E-state index contributed by atoms with van der Waals surface area (Å²) in [4.78, 5) is 16.8. The lowest BCUT2D eigenvalue weighted by Crippen LogP contribution is -2.30. The third-order valence-corrected chi connectivity index (χ3v) is 3.76. The van der Waals surface area contributed by atoms with Crippen molar-refractivity contribution < 1.29 is 4.79 Å². The fourth-order valence-corrected chi connectivity index (χ4v) is 2.51. The molecule has 1 aliphatic heterocycles. The number of carbonyl (C=O) groups is 1. The number of anilines is 1. The lowest BCUT2D eigenvalue weighted by Gasteiger charge is -2.17. The largest absolute Gasteiger partial charge is 0.293 e. The predicted molar refractivity (Wildman–Crippen MR) is 82.9 cm³/mol. The molecule has 0 aliphatic carbocycles. The number of nitrogens with zero attached hydrogens (tertiary/aromatic N) is 2. The Kier molecular flexibility index (Phi) is 4.17. The quantitative estimate of drug-likeness (QED) is 0.683. The summed E-state index contributed by atoms with van der Waals surface area (Å²) >= 11 is 0. The average Bonchev–Trinajstić information content (AvgIpc) is 3.17. The minimum absolute atomic E-state index is 0.0651. The van der Waals surface area contributed by atoms with Gasteiger partial charge in [0.05, 0.1) is 12.0 Å². The van der Waals surface area contributed by atoms with Gasteiger partial charge in [-0.2, -0.15) is 4.98 Å². The van der Waals surface area contributed by atoms with Crippen molar-refractivity contribution in [1.82, 2.24) is 26.0 Å². The zero-order valence-electron chi connectivity index (χ0n) is 12.6. The predicted octanol–water partition coefficient (Wildman–Crippen LogP) is 1.33. The van der Waals surface area contributed by atoms with E-state index in [0.29, 0.717) is 12.5 Å². The normalized spacial score (nSPS) is 21.2. The molecule has 0 spiro atoms. The van der Waals surface area contributed by atoms with Gasteiger partial charge in [-0.1, -0.05) is 44.2 Å². The number of hydrazine groups is 1. The highest BCUT2D eigenvalue weighted by molar-refractivity contribution is 5.92. The Morgan fingerprint density at radius 3 is 2.77 bits per heavy atom. The molecule has 1 amide bonds. The molecule has 2 atom stereocenters. The molecule has 2 unspecified atom stereocenters. The first-order chi connectivity index (χ1) is 10.6. The molecule has 2 heterocycles. The molecule has 3 rings (SSSR count). The summed E-state index contributed by atoms with van der Waals surface area (Å²) in [6.45, 7) is 4.59. The third kappa shape index (κ3) is 3.00. The summed E-state index contributed by atoms with van der Waals surface area (Å²) in [5.41, 5.74) is 7.28. The van der Waals surface area contributed by atoms with Gasteiger partial charge < -0.3 is 0 Å². The van der Waals surface area contributed by atoms with Crippen LogP contribution in [-0.4, -0.2) is 27.6 Å². The molecule has 1 aromatic heterocycles. The first-order valence-electron chi connectivity index (χ1n) is 7.41. The van der Waals surface area contributed by atoms with E-state index in [1.54, 1.807) is 0 Å². The van der Waals surface area contributed by atoms with Crippen molar-refractivity contribution in [3.8, 4) is 0 Å². The molecular weight excluding hydrogens is 280 g/mol. The van der Waals surface area contributed by atoms with Crippen molar-refractivity contribution in [2.24, 2.45) is 5.92 Å². The first kappa shape index (κ1) is 14.7. The molecule has 116 valence electrons. The number of amides is 1. The van der Waals surface area contributed by atoms with Crippen LogP contribution in [-0.2, 0) is 4.79 Å². The van der Waals surface area contributed by atoms with Crippen LogP contribution in [0, 0.1) is 5.92 Å². The van der Waals surface area contributed by atoms with Crippen molar-refractivity contribution in [2.45, 2.75) is 25.8 Å². The van der Waals surface area contributed by atoms with Crippen molar-refractivity contribution in [1.29, 1.82) is 0 Å². The number of hydrogen-bond acceptors (Lipinski definition) is 5. The van der Waals surface area contributed by atoms with Gasteiger partial charge in [-0.05, 0) is 5.56 Å². The lowest BCUT2D eigenvalue weighted by molar-refractivity contribution is -0.119. The van der Waals surface area contributed by atoms with Gasteiger partial charge >= 0.3 is 0 Å². The molecule has 0 radical (unpaired) electrons. The molecule has 4 N–H and O–H groups in total. The Balaban J connectivity index is 1.70. The van der Waals surface area contributed by atoms with Gasteiger partial charge in [-0.15, -0.1) is 5.10 Å². The first-order valence-corrected chi connectivity index (χ1v) is 7.41. The van der Waals surface area contributed by atoms with Crippen LogP contribution in [0.2, 0.25) is 0 Å². The molecule has 7 heteroatoms. The average molecular weight is 300 g/mol. The van der Waals surface area contributed by atoms with Crippen LogP contribution in [0.1, 0.15) is 37.2 Å². The van der Waals surface area contributed by atoms with E-state index in [2.05, 4.69) is 31.3 Å². The summed E-state index contributed by atoms with van der Waals surface area (Å²) in [5, 5.41) is 9.66. The molecule has 2 aromatic rings. The van der Waals surface area contributed by atoms with E-state index in [9.17, 15) is 4.79 Å². The topological polar surface area (TPSA) is 94.7 Å². The SMILES string of the molecule is CC(C)c1nc(NC(=O)C2CNNC2c2ccccc2)n[nH]1. The lowest BCUT2D eigenvalue weighted by atomic mass is 9.94. The monoisotopic (exact) mass is 300 g/mol. The van der Waals surface area contributed by atoms with Gasteiger partial charge in [0.1, 0.15) is 5.82 Å².